The summed E-state index contributed by atoms with van der Waals surface area (Å²) in [6.45, 7) is 1.77. The number of methoxy groups -OCH3 is 1. The Kier molecular flexibility index (Phi) is 3.85. The van der Waals surface area contributed by atoms with Crippen LogP contribution in [0.3, 0.4) is 0 Å². The highest BCUT2D eigenvalue weighted by Gasteiger charge is 2.05. The first-order chi connectivity index (χ1) is 7.19. The predicted octanol–water partition coefficient (Wildman–Crippen LogP) is 1.82. The Bertz CT molecular complexity index is 388. The molecule has 3 nitrogen and oxygen atoms in total. The Morgan fingerprint density at radius 2 is 2.27 bits per heavy atom. The van der Waals surface area contributed by atoms with Crippen molar-refractivity contribution in [2.75, 3.05) is 7.11 Å². The lowest BCUT2D eigenvalue weighted by atomic mass is 10.1. The van der Waals surface area contributed by atoms with Gasteiger partial charge in [-0.25, -0.2) is 4.39 Å². The van der Waals surface area contributed by atoms with Crippen molar-refractivity contribution in [2.24, 2.45) is 0 Å². The van der Waals surface area contributed by atoms with E-state index in [0.29, 0.717) is 12.2 Å². The van der Waals surface area contributed by atoms with E-state index in [1.807, 2.05) is 0 Å². The minimum absolute atomic E-state index is 0.296. The van der Waals surface area contributed by atoms with E-state index < -0.39 is 0 Å². The maximum absolute atomic E-state index is 12.8. The molecule has 0 atom stereocenters. The van der Waals surface area contributed by atoms with Crippen LogP contribution in [0.4, 0.5) is 4.39 Å². The summed E-state index contributed by atoms with van der Waals surface area (Å²) in [5.41, 5.74) is 1.49. The van der Waals surface area contributed by atoms with Crippen LogP contribution in [0.15, 0.2) is 24.4 Å². The van der Waals surface area contributed by atoms with Crippen LogP contribution in [0, 0.1) is 12.7 Å². The van der Waals surface area contributed by atoms with E-state index in [1.165, 1.54) is 25.4 Å². The van der Waals surface area contributed by atoms with Gasteiger partial charge in [-0.15, -0.1) is 0 Å². The summed E-state index contributed by atoms with van der Waals surface area (Å²) in [5, 5.41) is 2.38. The van der Waals surface area contributed by atoms with Crippen LogP contribution in [0.5, 0.6) is 0 Å². The second-order valence-corrected chi connectivity index (χ2v) is 2.96. The topological polar surface area (TPSA) is 38.3 Å². The minimum Gasteiger partial charge on any atom is -0.495 e. The monoisotopic (exact) mass is 209 g/mol. The summed E-state index contributed by atoms with van der Waals surface area (Å²) < 4.78 is 17.9. The van der Waals surface area contributed by atoms with Gasteiger partial charge in [0, 0.05) is 11.8 Å². The second-order valence-electron chi connectivity index (χ2n) is 2.96. The highest BCUT2D eigenvalue weighted by atomic mass is 19.1. The van der Waals surface area contributed by atoms with Crippen molar-refractivity contribution in [3.63, 3.8) is 0 Å². The maximum Gasteiger partial charge on any atom is 0.211 e. The molecule has 1 amide bonds. The molecular weight excluding hydrogens is 197 g/mol. The van der Waals surface area contributed by atoms with Crippen molar-refractivity contribution < 1.29 is 13.9 Å². The zero-order valence-corrected chi connectivity index (χ0v) is 8.58. The van der Waals surface area contributed by atoms with Crippen molar-refractivity contribution in [3.8, 4) is 0 Å². The Morgan fingerprint density at radius 1 is 1.53 bits per heavy atom. The summed E-state index contributed by atoms with van der Waals surface area (Å²) in [6.07, 6.45) is 1.96. The molecule has 15 heavy (non-hydrogen) atoms. The summed E-state index contributed by atoms with van der Waals surface area (Å²) in [4.78, 5) is 10.1. The first kappa shape index (κ1) is 11.2. The van der Waals surface area contributed by atoms with Gasteiger partial charge in [0.05, 0.1) is 7.11 Å². The lowest BCUT2D eigenvalue weighted by molar-refractivity contribution is -0.108. The lowest BCUT2D eigenvalue weighted by Gasteiger charge is -2.09. The molecule has 0 aromatic heterocycles. The van der Waals surface area contributed by atoms with E-state index in [9.17, 15) is 9.18 Å². The van der Waals surface area contributed by atoms with Gasteiger partial charge in [0.2, 0.25) is 6.41 Å². The molecule has 0 spiro atoms. The number of rotatable bonds is 4. The summed E-state index contributed by atoms with van der Waals surface area (Å²) in [5.74, 6) is 0.189. The van der Waals surface area contributed by atoms with E-state index in [4.69, 9.17) is 4.74 Å². The molecule has 1 N–H and O–H groups in total. The lowest BCUT2D eigenvalue weighted by Crippen LogP contribution is -2.03. The molecule has 0 aliphatic carbocycles. The average Bonchev–Trinajstić information content (AvgIpc) is 2.21. The number of carbonyl (C=O) groups excluding carboxylic acids is 1. The highest BCUT2D eigenvalue weighted by molar-refractivity contribution is 5.64. The Balaban J connectivity index is 3.07. The third kappa shape index (κ3) is 2.80. The molecule has 4 heteroatoms. The van der Waals surface area contributed by atoms with Crippen LogP contribution in [-0.2, 0) is 9.53 Å². The van der Waals surface area contributed by atoms with Gasteiger partial charge in [-0.2, -0.15) is 0 Å². The maximum atomic E-state index is 12.8. The minimum atomic E-state index is -0.296. The zero-order chi connectivity index (χ0) is 11.3. The fraction of sp³-hybridized carbons (Fsp3) is 0.182. The fourth-order valence-corrected chi connectivity index (χ4v) is 1.26. The summed E-state index contributed by atoms with van der Waals surface area (Å²) in [7, 11) is 1.49. The predicted molar refractivity (Wildman–Crippen MR) is 55.3 cm³/mol. The Labute approximate surface area is 87.6 Å². The number of aryl methyl sites for hydroxylation is 1. The van der Waals surface area contributed by atoms with Crippen LogP contribution >= 0.6 is 0 Å². The molecule has 0 unspecified atom stereocenters. The Morgan fingerprint density at radius 3 is 2.80 bits per heavy atom. The smallest absolute Gasteiger partial charge is 0.211 e. The second kappa shape index (κ2) is 5.14. The number of nitrogens with one attached hydrogen (secondary N) is 1. The summed E-state index contributed by atoms with van der Waals surface area (Å²) in [6, 6.07) is 4.35. The molecule has 0 fully saturated rings. The van der Waals surface area contributed by atoms with Gasteiger partial charge in [-0.05, 0) is 30.7 Å². The zero-order valence-electron chi connectivity index (χ0n) is 8.58. The number of hydrogen-bond donors (Lipinski definition) is 1. The molecule has 0 bridgehead atoms. The van der Waals surface area contributed by atoms with E-state index in [-0.39, 0.29) is 5.82 Å². The van der Waals surface area contributed by atoms with Crippen molar-refractivity contribution in [2.45, 2.75) is 6.92 Å². The first-order valence-electron chi connectivity index (χ1n) is 4.39. The van der Waals surface area contributed by atoms with E-state index in [0.717, 1.165) is 11.1 Å². The SMILES string of the molecule is CO/C(=C/NC=O)c1ccc(F)cc1C. The van der Waals surface area contributed by atoms with Crippen LogP contribution < -0.4 is 5.32 Å². The molecule has 0 saturated heterocycles. The third-order valence-corrected chi connectivity index (χ3v) is 1.96. The van der Waals surface area contributed by atoms with Gasteiger partial charge in [0.15, 0.2) is 0 Å². The largest absolute Gasteiger partial charge is 0.495 e. The number of carbonyl (C=O) groups is 1. The van der Waals surface area contributed by atoms with Gasteiger partial charge in [0.1, 0.15) is 11.6 Å². The molecule has 0 heterocycles. The molecule has 0 aliphatic rings. The molecule has 0 radical (unpaired) electrons. The van der Waals surface area contributed by atoms with Gasteiger partial charge in [-0.1, -0.05) is 0 Å². The van der Waals surface area contributed by atoms with Crippen LogP contribution in [0.1, 0.15) is 11.1 Å². The van der Waals surface area contributed by atoms with Gasteiger partial charge < -0.3 is 10.1 Å². The van der Waals surface area contributed by atoms with Crippen LogP contribution in [0.2, 0.25) is 0 Å². The third-order valence-electron chi connectivity index (χ3n) is 1.96. The van der Waals surface area contributed by atoms with Crippen molar-refractivity contribution >= 4 is 12.2 Å². The molecule has 1 rings (SSSR count). The van der Waals surface area contributed by atoms with Gasteiger partial charge >= 0.3 is 0 Å². The molecule has 0 saturated carbocycles. The van der Waals surface area contributed by atoms with Gasteiger partial charge in [-0.3, -0.25) is 4.79 Å². The average molecular weight is 209 g/mol. The number of halogens is 1. The van der Waals surface area contributed by atoms with Crippen molar-refractivity contribution in [1.29, 1.82) is 0 Å². The fourth-order valence-electron chi connectivity index (χ4n) is 1.26. The quantitative estimate of drug-likeness (QED) is 0.606. The first-order valence-corrected chi connectivity index (χ1v) is 4.39. The summed E-state index contributed by atoms with van der Waals surface area (Å²) >= 11 is 0. The normalized spacial score (nSPS) is 11.0. The molecule has 80 valence electrons. The molecule has 1 aromatic carbocycles. The van der Waals surface area contributed by atoms with Crippen LogP contribution in [0.25, 0.3) is 5.76 Å². The van der Waals surface area contributed by atoms with E-state index in [1.54, 1.807) is 13.0 Å². The standard InChI is InChI=1S/C11H12FNO2/c1-8-5-9(12)3-4-10(8)11(15-2)6-13-7-14/h3-7H,1-2H3,(H,13,14)/b11-6+. The Hall–Kier alpha value is -1.84. The van der Waals surface area contributed by atoms with Crippen molar-refractivity contribution in [3.05, 3.63) is 41.3 Å². The van der Waals surface area contributed by atoms with E-state index >= 15 is 0 Å². The van der Waals surface area contributed by atoms with Crippen molar-refractivity contribution in [1.82, 2.24) is 5.32 Å². The van der Waals surface area contributed by atoms with Crippen LogP contribution in [-0.4, -0.2) is 13.5 Å². The van der Waals surface area contributed by atoms with E-state index in [2.05, 4.69) is 5.32 Å². The molecule has 0 aliphatic heterocycles. The highest BCUT2D eigenvalue weighted by Crippen LogP contribution is 2.19. The molecular formula is C11H12FNO2. The number of hydrogen-bond acceptors (Lipinski definition) is 2. The number of ether oxygens (including phenoxy) is 1. The number of amides is 1. The molecule has 1 aromatic rings. The number of benzene rings is 1. The van der Waals surface area contributed by atoms with Gasteiger partial charge in [0.25, 0.3) is 0 Å².